The second kappa shape index (κ2) is 3.95. The third kappa shape index (κ3) is 2.21. The highest BCUT2D eigenvalue weighted by Gasteiger charge is 2.39. The Morgan fingerprint density at radius 3 is 2.71 bits per heavy atom. The van der Waals surface area contributed by atoms with E-state index in [2.05, 4.69) is 8.75 Å². The second-order valence-corrected chi connectivity index (χ2v) is 3.87. The van der Waals surface area contributed by atoms with Crippen LogP contribution in [0, 0.1) is 6.92 Å². The molecule has 4 nitrogen and oxygen atoms in total. The fourth-order valence-corrected chi connectivity index (χ4v) is 1.84. The minimum Gasteiger partial charge on any atom is -0.316 e. The third-order valence-corrected chi connectivity index (χ3v) is 2.67. The number of hydrogen-bond donors (Lipinski definition) is 1. The Balaban J connectivity index is 2.45. The Bertz CT molecular complexity index is 578. The van der Waals surface area contributed by atoms with Gasteiger partial charge in [0.15, 0.2) is 0 Å². The zero-order valence-electron chi connectivity index (χ0n) is 8.50. The molecular weight excluding hydrogens is 255 g/mol. The van der Waals surface area contributed by atoms with E-state index in [4.69, 9.17) is 0 Å². The Morgan fingerprint density at radius 1 is 1.35 bits per heavy atom. The van der Waals surface area contributed by atoms with Crippen molar-refractivity contribution < 1.29 is 18.0 Å². The fraction of sp³-hybridized carbons (Fsp3) is 0.222. The molecule has 0 aliphatic rings. The summed E-state index contributed by atoms with van der Waals surface area (Å²) in [5, 5.41) is 1.82. The molecule has 2 aromatic rings. The van der Waals surface area contributed by atoms with Gasteiger partial charge in [-0.2, -0.15) is 21.9 Å². The lowest BCUT2D eigenvalue weighted by Crippen LogP contribution is -2.30. The SMILES string of the molecule is Cc1ccc2nsnc2c1NC(=O)C(F)(F)F. The second-order valence-electron chi connectivity index (χ2n) is 3.34. The molecule has 0 aliphatic carbocycles. The van der Waals surface area contributed by atoms with Gasteiger partial charge >= 0.3 is 12.1 Å². The van der Waals surface area contributed by atoms with Crippen LogP contribution in [0.15, 0.2) is 12.1 Å². The van der Waals surface area contributed by atoms with Gasteiger partial charge in [0.25, 0.3) is 0 Å². The number of hydrogen-bond acceptors (Lipinski definition) is 4. The largest absolute Gasteiger partial charge is 0.471 e. The maximum Gasteiger partial charge on any atom is 0.471 e. The molecule has 2 rings (SSSR count). The number of rotatable bonds is 1. The molecule has 0 bridgehead atoms. The van der Waals surface area contributed by atoms with Crippen molar-refractivity contribution in [2.24, 2.45) is 0 Å². The van der Waals surface area contributed by atoms with Gasteiger partial charge in [-0.15, -0.1) is 0 Å². The highest BCUT2D eigenvalue weighted by Crippen LogP contribution is 2.27. The number of carbonyl (C=O) groups is 1. The summed E-state index contributed by atoms with van der Waals surface area (Å²) in [4.78, 5) is 10.9. The smallest absolute Gasteiger partial charge is 0.316 e. The molecule has 0 atom stereocenters. The van der Waals surface area contributed by atoms with E-state index in [9.17, 15) is 18.0 Å². The van der Waals surface area contributed by atoms with Gasteiger partial charge in [-0.25, -0.2) is 0 Å². The molecule has 1 amide bonds. The van der Waals surface area contributed by atoms with Crippen LogP contribution in [0.25, 0.3) is 11.0 Å². The van der Waals surface area contributed by atoms with E-state index in [1.165, 1.54) is 0 Å². The van der Waals surface area contributed by atoms with Crippen molar-refractivity contribution in [2.75, 3.05) is 5.32 Å². The molecule has 0 saturated heterocycles. The van der Waals surface area contributed by atoms with Crippen LogP contribution in [0.4, 0.5) is 18.9 Å². The van der Waals surface area contributed by atoms with Crippen LogP contribution in [0.2, 0.25) is 0 Å². The Morgan fingerprint density at radius 2 is 2.06 bits per heavy atom. The van der Waals surface area contributed by atoms with Gasteiger partial charge in [0, 0.05) is 0 Å². The summed E-state index contributed by atoms with van der Waals surface area (Å²) in [6, 6.07) is 3.22. The Kier molecular flexibility index (Phi) is 2.74. The minimum absolute atomic E-state index is 0.0542. The van der Waals surface area contributed by atoms with Gasteiger partial charge in [-0.05, 0) is 18.6 Å². The number of halogens is 3. The molecule has 1 aromatic carbocycles. The summed E-state index contributed by atoms with van der Waals surface area (Å²) in [7, 11) is 0. The molecule has 0 spiro atoms. The first-order valence-electron chi connectivity index (χ1n) is 4.49. The van der Waals surface area contributed by atoms with Gasteiger partial charge in [0.05, 0.1) is 17.4 Å². The lowest BCUT2D eigenvalue weighted by atomic mass is 10.1. The third-order valence-electron chi connectivity index (χ3n) is 2.13. The number of benzene rings is 1. The normalized spacial score (nSPS) is 11.8. The standard InChI is InChI=1S/C9H6F3N3OS/c1-4-2-3-5-7(15-17-14-5)6(4)13-8(16)9(10,11)12/h2-3H,1H3,(H,13,16). The average Bonchev–Trinajstić information content (AvgIpc) is 2.68. The number of anilines is 1. The molecule has 0 radical (unpaired) electrons. The van der Waals surface area contributed by atoms with Crippen molar-refractivity contribution in [2.45, 2.75) is 13.1 Å². The first-order chi connectivity index (χ1) is 7.89. The number of fused-ring (bicyclic) bond motifs is 1. The van der Waals surface area contributed by atoms with Crippen LogP contribution in [-0.2, 0) is 4.79 Å². The minimum atomic E-state index is -4.92. The molecule has 1 aromatic heterocycles. The van der Waals surface area contributed by atoms with Gasteiger partial charge in [0.1, 0.15) is 11.0 Å². The quantitative estimate of drug-likeness (QED) is 0.858. The van der Waals surface area contributed by atoms with E-state index in [1.807, 2.05) is 5.32 Å². The van der Waals surface area contributed by atoms with Crippen molar-refractivity contribution in [3.05, 3.63) is 17.7 Å². The molecule has 8 heteroatoms. The molecule has 0 saturated carbocycles. The zero-order chi connectivity index (χ0) is 12.6. The summed E-state index contributed by atoms with van der Waals surface area (Å²) in [6.45, 7) is 1.59. The van der Waals surface area contributed by atoms with Crippen molar-refractivity contribution in [1.82, 2.24) is 8.75 Å². The number of amides is 1. The van der Waals surface area contributed by atoms with Crippen molar-refractivity contribution >= 4 is 34.4 Å². The molecule has 17 heavy (non-hydrogen) atoms. The summed E-state index contributed by atoms with van der Waals surface area (Å²) in [6.07, 6.45) is -4.92. The van der Waals surface area contributed by atoms with Crippen LogP contribution in [0.5, 0.6) is 0 Å². The summed E-state index contributed by atoms with van der Waals surface area (Å²) in [5.74, 6) is -2.01. The van der Waals surface area contributed by atoms with E-state index in [-0.39, 0.29) is 11.2 Å². The number of carbonyl (C=O) groups excluding carboxylic acids is 1. The van der Waals surface area contributed by atoms with E-state index in [0.717, 1.165) is 11.7 Å². The molecule has 0 aliphatic heterocycles. The lowest BCUT2D eigenvalue weighted by Gasteiger charge is -2.10. The van der Waals surface area contributed by atoms with Gasteiger partial charge < -0.3 is 5.32 Å². The van der Waals surface area contributed by atoms with E-state index >= 15 is 0 Å². The molecule has 1 heterocycles. The first kappa shape index (κ1) is 11.8. The molecule has 0 unspecified atom stereocenters. The number of aromatic nitrogens is 2. The van der Waals surface area contributed by atoms with Crippen LogP contribution in [0.3, 0.4) is 0 Å². The monoisotopic (exact) mass is 261 g/mol. The van der Waals surface area contributed by atoms with Crippen LogP contribution in [-0.4, -0.2) is 20.8 Å². The van der Waals surface area contributed by atoms with Crippen LogP contribution in [0.1, 0.15) is 5.56 Å². The zero-order valence-corrected chi connectivity index (χ0v) is 9.32. The molecular formula is C9H6F3N3OS. The topological polar surface area (TPSA) is 54.9 Å². The predicted molar refractivity (Wildman–Crippen MR) is 56.8 cm³/mol. The highest BCUT2D eigenvalue weighted by atomic mass is 32.1. The summed E-state index contributed by atoms with van der Waals surface area (Å²) in [5.41, 5.74) is 1.28. The highest BCUT2D eigenvalue weighted by molar-refractivity contribution is 7.00. The number of nitrogens with zero attached hydrogens (tertiary/aromatic N) is 2. The van der Waals surface area contributed by atoms with Gasteiger partial charge in [0.2, 0.25) is 0 Å². The maximum absolute atomic E-state index is 12.1. The van der Waals surface area contributed by atoms with Crippen molar-refractivity contribution in [3.8, 4) is 0 Å². The van der Waals surface area contributed by atoms with Crippen LogP contribution < -0.4 is 5.32 Å². The van der Waals surface area contributed by atoms with E-state index < -0.39 is 12.1 Å². The summed E-state index contributed by atoms with van der Waals surface area (Å²) < 4.78 is 44.2. The Hall–Kier alpha value is -1.70. The fourth-order valence-electron chi connectivity index (χ4n) is 1.29. The van der Waals surface area contributed by atoms with E-state index in [1.54, 1.807) is 19.1 Å². The predicted octanol–water partition coefficient (Wildman–Crippen LogP) is 2.50. The number of alkyl halides is 3. The average molecular weight is 261 g/mol. The molecule has 1 N–H and O–H groups in total. The number of aryl methyl sites for hydroxylation is 1. The first-order valence-corrected chi connectivity index (χ1v) is 5.22. The van der Waals surface area contributed by atoms with Gasteiger partial charge in [-0.3, -0.25) is 4.79 Å². The molecule has 0 fully saturated rings. The van der Waals surface area contributed by atoms with E-state index in [0.29, 0.717) is 11.1 Å². The maximum atomic E-state index is 12.1. The van der Waals surface area contributed by atoms with Crippen molar-refractivity contribution in [3.63, 3.8) is 0 Å². The van der Waals surface area contributed by atoms with Crippen LogP contribution >= 0.6 is 11.7 Å². The van der Waals surface area contributed by atoms with Crippen molar-refractivity contribution in [1.29, 1.82) is 0 Å². The summed E-state index contributed by atoms with van der Waals surface area (Å²) >= 11 is 0.878. The lowest BCUT2D eigenvalue weighted by molar-refractivity contribution is -0.167. The molecule has 90 valence electrons. The van der Waals surface area contributed by atoms with Gasteiger partial charge in [-0.1, -0.05) is 6.07 Å². The Labute approximate surface area is 97.8 Å². The number of nitrogens with one attached hydrogen (secondary N) is 1.